The van der Waals surface area contributed by atoms with Gasteiger partial charge in [-0.05, 0) is 37.8 Å². The molecule has 2 fully saturated rings. The number of para-hydroxylation sites is 1. The van der Waals surface area contributed by atoms with Crippen molar-refractivity contribution < 1.29 is 4.79 Å². The highest BCUT2D eigenvalue weighted by molar-refractivity contribution is 7.18. The number of nitrogens with one attached hydrogen (secondary N) is 2. The third-order valence-electron chi connectivity index (χ3n) is 5.38. The number of hydrogen-bond donors (Lipinski definition) is 2. The summed E-state index contributed by atoms with van der Waals surface area (Å²) in [5.41, 5.74) is 7.57. The van der Waals surface area contributed by atoms with E-state index in [0.29, 0.717) is 12.0 Å². The van der Waals surface area contributed by atoms with Gasteiger partial charge in [-0.15, -0.1) is 11.3 Å². The van der Waals surface area contributed by atoms with Crippen LogP contribution in [0.5, 0.6) is 0 Å². The van der Waals surface area contributed by atoms with E-state index in [9.17, 15) is 4.79 Å². The highest BCUT2D eigenvalue weighted by Gasteiger charge is 2.34. The number of likely N-dealkylation sites (tertiary alicyclic amines) is 1. The molecule has 1 amide bonds. The van der Waals surface area contributed by atoms with Crippen LogP contribution in [0.2, 0.25) is 0 Å². The van der Waals surface area contributed by atoms with Crippen LogP contribution in [-0.4, -0.2) is 41.0 Å². The van der Waals surface area contributed by atoms with E-state index in [1.807, 2.05) is 22.3 Å². The lowest BCUT2D eigenvalue weighted by atomic mass is 9.96. The average Bonchev–Trinajstić information content (AvgIpc) is 3.28. The molecule has 2 aliphatic rings. The summed E-state index contributed by atoms with van der Waals surface area (Å²) in [5, 5.41) is 1.23. The standard InChI is InChI=1S/C19H26N4OS/c1-2-5-14-12-16(22-21-14)19(24)23-10-8-13(9-11-23)18-20-15-6-3-4-7-17(15)25-18/h3-4,6-7,13-14,16,21-22H,2,5,8-12H2,1H3. The van der Waals surface area contributed by atoms with Gasteiger partial charge in [0.2, 0.25) is 5.91 Å². The molecule has 0 radical (unpaired) electrons. The molecular weight excluding hydrogens is 332 g/mol. The largest absolute Gasteiger partial charge is 0.341 e. The van der Waals surface area contributed by atoms with Crippen LogP contribution in [0.1, 0.15) is 50.0 Å². The summed E-state index contributed by atoms with van der Waals surface area (Å²) in [5.74, 6) is 0.748. The smallest absolute Gasteiger partial charge is 0.241 e. The molecule has 0 saturated carbocycles. The molecule has 2 aliphatic heterocycles. The minimum absolute atomic E-state index is 0.0597. The zero-order chi connectivity index (χ0) is 17.2. The van der Waals surface area contributed by atoms with Gasteiger partial charge in [0, 0.05) is 25.0 Å². The minimum atomic E-state index is -0.0597. The highest BCUT2D eigenvalue weighted by Crippen LogP contribution is 2.34. The normalized spacial score (nSPS) is 24.9. The van der Waals surface area contributed by atoms with Crippen LogP contribution in [0.3, 0.4) is 0 Å². The molecule has 2 aromatic rings. The van der Waals surface area contributed by atoms with Gasteiger partial charge in [-0.25, -0.2) is 10.4 Å². The van der Waals surface area contributed by atoms with Crippen LogP contribution in [0.4, 0.5) is 0 Å². The van der Waals surface area contributed by atoms with Crippen LogP contribution in [0, 0.1) is 0 Å². The topological polar surface area (TPSA) is 57.3 Å². The van der Waals surface area contributed by atoms with E-state index >= 15 is 0 Å². The second-order valence-corrected chi connectivity index (χ2v) is 8.24. The van der Waals surface area contributed by atoms with E-state index in [4.69, 9.17) is 4.98 Å². The number of carbonyl (C=O) groups excluding carboxylic acids is 1. The molecule has 0 aliphatic carbocycles. The maximum absolute atomic E-state index is 12.7. The molecule has 25 heavy (non-hydrogen) atoms. The van der Waals surface area contributed by atoms with Crippen molar-refractivity contribution in [2.24, 2.45) is 0 Å². The summed E-state index contributed by atoms with van der Waals surface area (Å²) >= 11 is 1.81. The molecule has 4 rings (SSSR count). The second-order valence-electron chi connectivity index (χ2n) is 7.18. The van der Waals surface area contributed by atoms with Gasteiger partial charge in [-0.1, -0.05) is 25.5 Å². The molecule has 2 N–H and O–H groups in total. The number of amides is 1. The number of hydrazine groups is 1. The molecule has 6 heteroatoms. The molecular formula is C19H26N4OS. The average molecular weight is 359 g/mol. The van der Waals surface area contributed by atoms with E-state index < -0.39 is 0 Å². The van der Waals surface area contributed by atoms with E-state index in [-0.39, 0.29) is 11.9 Å². The highest BCUT2D eigenvalue weighted by atomic mass is 32.1. The number of hydrogen-bond acceptors (Lipinski definition) is 5. The maximum Gasteiger partial charge on any atom is 0.241 e. The van der Waals surface area contributed by atoms with E-state index in [1.54, 1.807) is 0 Å². The van der Waals surface area contributed by atoms with Crippen molar-refractivity contribution in [3.05, 3.63) is 29.3 Å². The van der Waals surface area contributed by atoms with Gasteiger partial charge in [0.25, 0.3) is 0 Å². The number of nitrogens with zero attached hydrogens (tertiary/aromatic N) is 2. The Balaban J connectivity index is 1.34. The van der Waals surface area contributed by atoms with Crippen molar-refractivity contribution in [2.45, 2.75) is 57.0 Å². The number of carbonyl (C=O) groups is 1. The first-order valence-corrected chi connectivity index (χ1v) is 10.2. The Hall–Kier alpha value is -1.50. The van der Waals surface area contributed by atoms with E-state index in [0.717, 1.165) is 50.7 Å². The first-order chi connectivity index (χ1) is 12.2. The first kappa shape index (κ1) is 16.9. The van der Waals surface area contributed by atoms with Gasteiger partial charge in [-0.3, -0.25) is 10.2 Å². The molecule has 134 valence electrons. The Kier molecular flexibility index (Phi) is 5.01. The minimum Gasteiger partial charge on any atom is -0.341 e. The number of benzene rings is 1. The molecule has 2 unspecified atom stereocenters. The van der Waals surface area contributed by atoms with Gasteiger partial charge in [0.15, 0.2) is 0 Å². The molecule has 1 aromatic carbocycles. The van der Waals surface area contributed by atoms with Gasteiger partial charge in [0.05, 0.1) is 15.2 Å². The van der Waals surface area contributed by atoms with Crippen LogP contribution in [0.25, 0.3) is 10.2 Å². The predicted molar refractivity (Wildman–Crippen MR) is 102 cm³/mol. The lowest BCUT2D eigenvalue weighted by molar-refractivity contribution is -0.134. The third-order valence-corrected chi connectivity index (χ3v) is 6.58. The number of rotatable bonds is 4. The van der Waals surface area contributed by atoms with Crippen molar-refractivity contribution in [3.63, 3.8) is 0 Å². The van der Waals surface area contributed by atoms with Crippen molar-refractivity contribution in [1.29, 1.82) is 0 Å². The molecule has 3 heterocycles. The van der Waals surface area contributed by atoms with Crippen LogP contribution >= 0.6 is 11.3 Å². The number of thiazole rings is 1. The van der Waals surface area contributed by atoms with E-state index in [1.165, 1.54) is 9.71 Å². The molecule has 0 spiro atoms. The quantitative estimate of drug-likeness (QED) is 0.882. The van der Waals surface area contributed by atoms with Gasteiger partial charge >= 0.3 is 0 Å². The third kappa shape index (κ3) is 3.57. The fraction of sp³-hybridized carbons (Fsp3) is 0.579. The molecule has 2 atom stereocenters. The molecule has 2 saturated heterocycles. The lowest BCUT2D eigenvalue weighted by Crippen LogP contribution is -2.48. The second kappa shape index (κ2) is 7.40. The SMILES string of the molecule is CCCC1CC(C(=O)N2CCC(c3nc4ccccc4s3)CC2)NN1. The van der Waals surface area contributed by atoms with Crippen LogP contribution in [-0.2, 0) is 4.79 Å². The van der Waals surface area contributed by atoms with Crippen molar-refractivity contribution >= 4 is 27.5 Å². The Morgan fingerprint density at radius 1 is 1.28 bits per heavy atom. The van der Waals surface area contributed by atoms with Gasteiger partial charge in [-0.2, -0.15) is 0 Å². The Labute approximate surface area is 152 Å². The molecule has 5 nitrogen and oxygen atoms in total. The monoisotopic (exact) mass is 358 g/mol. The van der Waals surface area contributed by atoms with Crippen molar-refractivity contribution in [2.75, 3.05) is 13.1 Å². The maximum atomic E-state index is 12.7. The van der Waals surface area contributed by atoms with Crippen LogP contribution in [0.15, 0.2) is 24.3 Å². The summed E-state index contributed by atoms with van der Waals surface area (Å²) in [6.07, 6.45) is 5.21. The predicted octanol–water partition coefficient (Wildman–Crippen LogP) is 3.04. The van der Waals surface area contributed by atoms with Crippen molar-refractivity contribution in [3.8, 4) is 0 Å². The summed E-state index contributed by atoms with van der Waals surface area (Å²) in [6, 6.07) is 8.71. The van der Waals surface area contributed by atoms with Gasteiger partial charge in [0.1, 0.15) is 6.04 Å². The zero-order valence-corrected chi connectivity index (χ0v) is 15.5. The number of piperidine rings is 1. The summed E-state index contributed by atoms with van der Waals surface area (Å²) in [4.78, 5) is 19.6. The first-order valence-electron chi connectivity index (χ1n) is 9.40. The number of aromatic nitrogens is 1. The van der Waals surface area contributed by atoms with Crippen LogP contribution < -0.4 is 10.9 Å². The Morgan fingerprint density at radius 2 is 2.08 bits per heavy atom. The van der Waals surface area contributed by atoms with Gasteiger partial charge < -0.3 is 4.90 Å². The lowest BCUT2D eigenvalue weighted by Gasteiger charge is -2.32. The molecule has 1 aromatic heterocycles. The fourth-order valence-electron chi connectivity index (χ4n) is 3.95. The Morgan fingerprint density at radius 3 is 2.84 bits per heavy atom. The van der Waals surface area contributed by atoms with Crippen molar-refractivity contribution in [1.82, 2.24) is 20.7 Å². The fourth-order valence-corrected chi connectivity index (χ4v) is 5.09. The number of fused-ring (bicyclic) bond motifs is 1. The Bertz CT molecular complexity index is 705. The molecule has 0 bridgehead atoms. The van der Waals surface area contributed by atoms with E-state index in [2.05, 4.69) is 36.0 Å². The summed E-state index contributed by atoms with van der Waals surface area (Å²) in [6.45, 7) is 3.87. The summed E-state index contributed by atoms with van der Waals surface area (Å²) in [7, 11) is 0. The summed E-state index contributed by atoms with van der Waals surface area (Å²) < 4.78 is 1.26. The zero-order valence-electron chi connectivity index (χ0n) is 14.7.